The summed E-state index contributed by atoms with van der Waals surface area (Å²) < 4.78 is 10.2. The van der Waals surface area contributed by atoms with Crippen molar-refractivity contribution in [3.05, 3.63) is 59.7 Å². The van der Waals surface area contributed by atoms with Crippen LogP contribution in [0.15, 0.2) is 48.5 Å². The van der Waals surface area contributed by atoms with Crippen molar-refractivity contribution in [2.75, 3.05) is 7.11 Å². The fourth-order valence-corrected chi connectivity index (χ4v) is 1.71. The topological polar surface area (TPSA) is 69.7 Å². The minimum atomic E-state index is -0.742. The van der Waals surface area contributed by atoms with E-state index in [0.717, 1.165) is 0 Å². The number of ether oxygens (including phenoxy) is 2. The lowest BCUT2D eigenvalue weighted by atomic mass is 10.1. The summed E-state index contributed by atoms with van der Waals surface area (Å²) in [4.78, 5) is 34.1. The lowest BCUT2D eigenvalue weighted by Crippen LogP contribution is -2.12. The van der Waals surface area contributed by atoms with E-state index in [0.29, 0.717) is 11.3 Å². The zero-order valence-electron chi connectivity index (χ0n) is 11.2. The second-order valence-corrected chi connectivity index (χ2v) is 4.10. The number of methoxy groups -OCH3 is 1. The Morgan fingerprint density at radius 3 is 2.29 bits per heavy atom. The molecule has 0 radical (unpaired) electrons. The first-order valence-electron chi connectivity index (χ1n) is 6.10. The molecule has 0 amide bonds. The highest BCUT2D eigenvalue weighted by Crippen LogP contribution is 2.20. The molecule has 0 atom stereocenters. The maximum absolute atomic E-state index is 12.0. The molecule has 0 unspecified atom stereocenters. The van der Waals surface area contributed by atoms with Crippen LogP contribution >= 0.6 is 0 Å². The Kier molecular flexibility index (Phi) is 4.46. The molecule has 0 spiro atoms. The Morgan fingerprint density at radius 1 is 1.00 bits per heavy atom. The van der Waals surface area contributed by atoms with Gasteiger partial charge in [-0.1, -0.05) is 12.1 Å². The number of rotatable bonds is 5. The van der Waals surface area contributed by atoms with Gasteiger partial charge in [0.25, 0.3) is 0 Å². The highest BCUT2D eigenvalue weighted by atomic mass is 16.5. The van der Waals surface area contributed by atoms with E-state index in [9.17, 15) is 14.4 Å². The van der Waals surface area contributed by atoms with Crippen molar-refractivity contribution in [3.8, 4) is 11.5 Å². The molecule has 0 aromatic heterocycles. The van der Waals surface area contributed by atoms with Crippen LogP contribution < -0.4 is 9.47 Å². The maximum Gasteiger partial charge on any atom is 0.343 e. The second-order valence-electron chi connectivity index (χ2n) is 4.10. The first kappa shape index (κ1) is 14.5. The Labute approximate surface area is 121 Å². The summed E-state index contributed by atoms with van der Waals surface area (Å²) in [5.41, 5.74) is 0.360. The first-order valence-corrected chi connectivity index (χ1v) is 6.10. The minimum absolute atomic E-state index is 0.0503. The molecule has 5 nitrogen and oxygen atoms in total. The van der Waals surface area contributed by atoms with Crippen molar-refractivity contribution in [1.82, 2.24) is 0 Å². The predicted molar refractivity (Wildman–Crippen MR) is 74.8 cm³/mol. The molecule has 0 heterocycles. The number of para-hydroxylation sites is 1. The van der Waals surface area contributed by atoms with E-state index >= 15 is 0 Å². The van der Waals surface area contributed by atoms with Gasteiger partial charge in [-0.3, -0.25) is 9.59 Å². The highest BCUT2D eigenvalue weighted by Gasteiger charge is 2.15. The summed E-state index contributed by atoms with van der Waals surface area (Å²) in [6.07, 6.45) is 0.181. The molecule has 0 aliphatic rings. The molecule has 0 aliphatic heterocycles. The van der Waals surface area contributed by atoms with Crippen LogP contribution in [0.25, 0.3) is 0 Å². The van der Waals surface area contributed by atoms with Crippen LogP contribution in [0.4, 0.5) is 0 Å². The number of esters is 1. The molecular formula is C16H12O5. The average Bonchev–Trinajstić information content (AvgIpc) is 2.54. The summed E-state index contributed by atoms with van der Waals surface area (Å²) in [5, 5.41) is 0. The summed E-state index contributed by atoms with van der Waals surface area (Å²) in [5.74, 6) is -0.699. The van der Waals surface area contributed by atoms with Gasteiger partial charge in [0.05, 0.1) is 18.2 Å². The van der Waals surface area contributed by atoms with Crippen molar-refractivity contribution in [3.63, 3.8) is 0 Å². The molecule has 0 saturated carbocycles. The van der Waals surface area contributed by atoms with Crippen LogP contribution in [-0.2, 0) is 4.79 Å². The lowest BCUT2D eigenvalue weighted by molar-refractivity contribution is -0.104. The molecule has 2 aromatic rings. The summed E-state index contributed by atoms with van der Waals surface area (Å²) in [6, 6.07) is 12.4. The van der Waals surface area contributed by atoms with Gasteiger partial charge >= 0.3 is 5.97 Å². The van der Waals surface area contributed by atoms with E-state index in [1.165, 1.54) is 19.2 Å². The van der Waals surface area contributed by atoms with E-state index in [-0.39, 0.29) is 17.6 Å². The standard InChI is InChI=1S/C16H12O5/c1-20-12-8-6-11(7-9-12)16(19)21-15-5-3-2-4-13(15)14(18)10-17/h2-10H,1H3. The Balaban J connectivity index is 2.23. The lowest BCUT2D eigenvalue weighted by Gasteiger charge is -2.08. The number of carbonyl (C=O) groups excluding carboxylic acids is 3. The maximum atomic E-state index is 12.0. The molecule has 0 saturated heterocycles. The molecule has 21 heavy (non-hydrogen) atoms. The largest absolute Gasteiger partial charge is 0.497 e. The van der Waals surface area contributed by atoms with Crippen LogP contribution in [0.2, 0.25) is 0 Å². The second kappa shape index (κ2) is 6.47. The van der Waals surface area contributed by atoms with Gasteiger partial charge in [-0.05, 0) is 36.4 Å². The normalized spacial score (nSPS) is 9.76. The predicted octanol–water partition coefficient (Wildman–Crippen LogP) is 2.30. The van der Waals surface area contributed by atoms with Gasteiger partial charge < -0.3 is 9.47 Å². The van der Waals surface area contributed by atoms with E-state index in [1.54, 1.807) is 36.4 Å². The molecule has 106 valence electrons. The number of hydrogen-bond acceptors (Lipinski definition) is 5. The van der Waals surface area contributed by atoms with E-state index in [1.807, 2.05) is 0 Å². The highest BCUT2D eigenvalue weighted by molar-refractivity contribution is 6.34. The number of ketones is 1. The Hall–Kier alpha value is -2.95. The molecule has 0 fully saturated rings. The molecule has 5 heteroatoms. The van der Waals surface area contributed by atoms with Gasteiger partial charge in [-0.25, -0.2) is 4.79 Å². The molecule has 0 N–H and O–H groups in total. The minimum Gasteiger partial charge on any atom is -0.497 e. The molecule has 2 aromatic carbocycles. The van der Waals surface area contributed by atoms with Crippen molar-refractivity contribution in [2.45, 2.75) is 0 Å². The SMILES string of the molecule is COc1ccc(C(=O)Oc2ccccc2C(=O)C=O)cc1. The van der Waals surface area contributed by atoms with Crippen LogP contribution in [-0.4, -0.2) is 25.1 Å². The smallest absolute Gasteiger partial charge is 0.343 e. The monoisotopic (exact) mass is 284 g/mol. The van der Waals surface area contributed by atoms with Crippen LogP contribution in [0, 0.1) is 0 Å². The zero-order chi connectivity index (χ0) is 15.2. The van der Waals surface area contributed by atoms with Crippen molar-refractivity contribution in [2.24, 2.45) is 0 Å². The summed E-state index contributed by atoms with van der Waals surface area (Å²) >= 11 is 0. The van der Waals surface area contributed by atoms with Crippen LogP contribution in [0.3, 0.4) is 0 Å². The average molecular weight is 284 g/mol. The fraction of sp³-hybridized carbons (Fsp3) is 0.0625. The number of Topliss-reactive ketones (excluding diaryl/α,β-unsaturated/α-hetero) is 1. The first-order chi connectivity index (χ1) is 10.2. The third-order valence-electron chi connectivity index (χ3n) is 2.79. The number of aldehydes is 1. The molecular weight excluding hydrogens is 272 g/mol. The number of benzene rings is 2. The molecule has 0 bridgehead atoms. The van der Waals surface area contributed by atoms with Crippen molar-refractivity contribution >= 4 is 18.0 Å². The number of carbonyl (C=O) groups is 3. The van der Waals surface area contributed by atoms with Crippen LogP contribution in [0.1, 0.15) is 20.7 Å². The van der Waals surface area contributed by atoms with E-state index in [4.69, 9.17) is 9.47 Å². The quantitative estimate of drug-likeness (QED) is 0.277. The van der Waals surface area contributed by atoms with Gasteiger partial charge in [0.2, 0.25) is 5.78 Å². The number of hydrogen-bond donors (Lipinski definition) is 0. The van der Waals surface area contributed by atoms with Crippen molar-refractivity contribution in [1.29, 1.82) is 0 Å². The Morgan fingerprint density at radius 2 is 1.67 bits per heavy atom. The zero-order valence-corrected chi connectivity index (χ0v) is 11.2. The van der Waals surface area contributed by atoms with Gasteiger partial charge in [0.1, 0.15) is 11.5 Å². The third kappa shape index (κ3) is 3.33. The van der Waals surface area contributed by atoms with E-state index in [2.05, 4.69) is 0 Å². The fourth-order valence-electron chi connectivity index (χ4n) is 1.71. The Bertz CT molecular complexity index is 673. The van der Waals surface area contributed by atoms with Gasteiger partial charge in [-0.2, -0.15) is 0 Å². The van der Waals surface area contributed by atoms with E-state index < -0.39 is 11.8 Å². The third-order valence-corrected chi connectivity index (χ3v) is 2.79. The molecule has 2 rings (SSSR count). The van der Waals surface area contributed by atoms with Gasteiger partial charge in [0, 0.05) is 0 Å². The van der Waals surface area contributed by atoms with Gasteiger partial charge in [0.15, 0.2) is 6.29 Å². The van der Waals surface area contributed by atoms with Gasteiger partial charge in [-0.15, -0.1) is 0 Å². The van der Waals surface area contributed by atoms with Crippen molar-refractivity contribution < 1.29 is 23.9 Å². The summed E-state index contributed by atoms with van der Waals surface area (Å²) in [7, 11) is 1.52. The summed E-state index contributed by atoms with van der Waals surface area (Å²) in [6.45, 7) is 0. The van der Waals surface area contributed by atoms with Crippen LogP contribution in [0.5, 0.6) is 11.5 Å². The molecule has 0 aliphatic carbocycles.